The van der Waals surface area contributed by atoms with Crippen molar-refractivity contribution >= 4 is 5.97 Å². The Balaban J connectivity index is 2.84. The van der Waals surface area contributed by atoms with Crippen LogP contribution in [0, 0.1) is 5.41 Å². The molecule has 0 bridgehead atoms. The summed E-state index contributed by atoms with van der Waals surface area (Å²) in [7, 11) is 0. The third kappa shape index (κ3) is 2.57. The maximum absolute atomic E-state index is 12.0. The van der Waals surface area contributed by atoms with Crippen molar-refractivity contribution in [2.45, 2.75) is 65.5 Å². The third-order valence-corrected chi connectivity index (χ3v) is 3.38. The third-order valence-electron chi connectivity index (χ3n) is 3.38. The number of carbonyl (C=O) groups excluding carboxylic acids is 1. The first kappa shape index (κ1) is 13.5. The highest BCUT2D eigenvalue weighted by Gasteiger charge is 2.50. The molecule has 0 aromatic rings. The zero-order valence-electron chi connectivity index (χ0n) is 11.0. The van der Waals surface area contributed by atoms with Gasteiger partial charge in [0.2, 0.25) is 0 Å². The van der Waals surface area contributed by atoms with Gasteiger partial charge in [0.25, 0.3) is 0 Å². The van der Waals surface area contributed by atoms with E-state index in [1.165, 1.54) is 0 Å². The molecule has 3 nitrogen and oxygen atoms in total. The predicted molar refractivity (Wildman–Crippen MR) is 65.3 cm³/mol. The van der Waals surface area contributed by atoms with E-state index in [1.807, 2.05) is 0 Å². The van der Waals surface area contributed by atoms with Gasteiger partial charge in [-0.15, -0.1) is 0 Å². The molecular weight excluding hydrogens is 202 g/mol. The molecule has 0 radical (unpaired) electrons. The molecular formula is C13H25NO2. The minimum Gasteiger partial charge on any atom is -0.464 e. The molecule has 0 saturated carbocycles. The number of hydrogen-bond donors (Lipinski definition) is 1. The van der Waals surface area contributed by atoms with Crippen molar-refractivity contribution in [2.24, 2.45) is 5.41 Å². The van der Waals surface area contributed by atoms with Crippen LogP contribution in [0.2, 0.25) is 0 Å². The van der Waals surface area contributed by atoms with E-state index in [2.05, 4.69) is 33.0 Å². The van der Waals surface area contributed by atoms with Gasteiger partial charge in [-0.3, -0.25) is 4.79 Å². The monoisotopic (exact) mass is 227 g/mol. The molecule has 1 saturated heterocycles. The Kier molecular flexibility index (Phi) is 4.78. The standard InChI is InChI=1S/C13H25NO2/c1-5-7-13(8-6-2)11(14-10(3)4)9-16-12(13)15/h10-11,14H,5-9H2,1-4H3/t11-/m1/s1. The predicted octanol–water partition coefficient (Wildman–Crippen LogP) is 2.50. The van der Waals surface area contributed by atoms with E-state index >= 15 is 0 Å². The van der Waals surface area contributed by atoms with Gasteiger partial charge in [-0.05, 0) is 12.8 Å². The van der Waals surface area contributed by atoms with Crippen molar-refractivity contribution in [1.82, 2.24) is 5.32 Å². The highest BCUT2D eigenvalue weighted by atomic mass is 16.5. The van der Waals surface area contributed by atoms with Crippen LogP contribution in [0.1, 0.15) is 53.4 Å². The van der Waals surface area contributed by atoms with Crippen LogP contribution in [0.3, 0.4) is 0 Å². The van der Waals surface area contributed by atoms with Gasteiger partial charge in [0.05, 0.1) is 11.5 Å². The summed E-state index contributed by atoms with van der Waals surface area (Å²) in [5.74, 6) is 0.00866. The highest BCUT2D eigenvalue weighted by molar-refractivity contribution is 5.80. The van der Waals surface area contributed by atoms with Gasteiger partial charge >= 0.3 is 5.97 Å². The fourth-order valence-corrected chi connectivity index (χ4v) is 2.78. The molecule has 1 fully saturated rings. The largest absolute Gasteiger partial charge is 0.464 e. The van der Waals surface area contributed by atoms with E-state index in [-0.39, 0.29) is 17.4 Å². The van der Waals surface area contributed by atoms with Gasteiger partial charge in [0, 0.05) is 6.04 Å². The zero-order chi connectivity index (χ0) is 12.2. The summed E-state index contributed by atoms with van der Waals surface area (Å²) < 4.78 is 5.29. The Bertz CT molecular complexity index is 232. The van der Waals surface area contributed by atoms with Crippen LogP contribution in [0.4, 0.5) is 0 Å². The number of esters is 1. The molecule has 1 rings (SSSR count). The van der Waals surface area contributed by atoms with Gasteiger partial charge in [0.1, 0.15) is 6.61 Å². The van der Waals surface area contributed by atoms with Crippen molar-refractivity contribution in [3.63, 3.8) is 0 Å². The van der Waals surface area contributed by atoms with Crippen LogP contribution in [0.15, 0.2) is 0 Å². The molecule has 0 aromatic carbocycles. The summed E-state index contributed by atoms with van der Waals surface area (Å²) in [5.41, 5.74) is -0.270. The number of nitrogens with one attached hydrogen (secondary N) is 1. The lowest BCUT2D eigenvalue weighted by atomic mass is 9.74. The van der Waals surface area contributed by atoms with Crippen molar-refractivity contribution in [2.75, 3.05) is 6.61 Å². The molecule has 0 spiro atoms. The lowest BCUT2D eigenvalue weighted by Crippen LogP contribution is -2.48. The Morgan fingerprint density at radius 2 is 1.94 bits per heavy atom. The van der Waals surface area contributed by atoms with E-state index in [1.54, 1.807) is 0 Å². The highest BCUT2D eigenvalue weighted by Crippen LogP contribution is 2.39. The molecule has 0 amide bonds. The van der Waals surface area contributed by atoms with Crippen molar-refractivity contribution in [3.05, 3.63) is 0 Å². The van der Waals surface area contributed by atoms with Gasteiger partial charge in [-0.25, -0.2) is 0 Å². The van der Waals surface area contributed by atoms with E-state index in [0.717, 1.165) is 25.7 Å². The Labute approximate surface area is 98.9 Å². The summed E-state index contributed by atoms with van der Waals surface area (Å²) in [6.07, 6.45) is 3.94. The van der Waals surface area contributed by atoms with E-state index in [0.29, 0.717) is 12.6 Å². The Hall–Kier alpha value is -0.570. The molecule has 1 atom stereocenters. The zero-order valence-corrected chi connectivity index (χ0v) is 11.0. The number of rotatable bonds is 6. The van der Waals surface area contributed by atoms with E-state index in [9.17, 15) is 4.79 Å². The summed E-state index contributed by atoms with van der Waals surface area (Å²) in [6.45, 7) is 9.04. The van der Waals surface area contributed by atoms with Crippen LogP contribution in [-0.4, -0.2) is 24.7 Å². The van der Waals surface area contributed by atoms with E-state index < -0.39 is 0 Å². The molecule has 3 heteroatoms. The fraction of sp³-hybridized carbons (Fsp3) is 0.923. The second-order valence-corrected chi connectivity index (χ2v) is 5.13. The second-order valence-electron chi connectivity index (χ2n) is 5.13. The van der Waals surface area contributed by atoms with Crippen molar-refractivity contribution < 1.29 is 9.53 Å². The molecule has 1 N–H and O–H groups in total. The Morgan fingerprint density at radius 1 is 1.38 bits per heavy atom. The maximum atomic E-state index is 12.0. The normalized spacial score (nSPS) is 23.8. The summed E-state index contributed by atoms with van der Waals surface area (Å²) in [5, 5.41) is 3.49. The van der Waals surface area contributed by atoms with Crippen LogP contribution >= 0.6 is 0 Å². The summed E-state index contributed by atoms with van der Waals surface area (Å²) >= 11 is 0. The van der Waals surface area contributed by atoms with Gasteiger partial charge in [-0.1, -0.05) is 40.5 Å². The quantitative estimate of drug-likeness (QED) is 0.708. The first-order chi connectivity index (χ1) is 7.56. The van der Waals surface area contributed by atoms with Crippen LogP contribution < -0.4 is 5.32 Å². The maximum Gasteiger partial charge on any atom is 0.313 e. The topological polar surface area (TPSA) is 38.3 Å². The summed E-state index contributed by atoms with van der Waals surface area (Å²) in [6, 6.07) is 0.590. The average molecular weight is 227 g/mol. The smallest absolute Gasteiger partial charge is 0.313 e. The first-order valence-corrected chi connectivity index (χ1v) is 6.50. The lowest BCUT2D eigenvalue weighted by molar-refractivity contribution is -0.147. The average Bonchev–Trinajstić information content (AvgIpc) is 2.48. The number of ether oxygens (including phenoxy) is 1. The molecule has 1 aliphatic heterocycles. The van der Waals surface area contributed by atoms with Crippen LogP contribution in [0.5, 0.6) is 0 Å². The fourth-order valence-electron chi connectivity index (χ4n) is 2.78. The van der Waals surface area contributed by atoms with E-state index in [4.69, 9.17) is 4.74 Å². The van der Waals surface area contributed by atoms with Crippen molar-refractivity contribution in [1.29, 1.82) is 0 Å². The molecule has 16 heavy (non-hydrogen) atoms. The van der Waals surface area contributed by atoms with Crippen LogP contribution in [-0.2, 0) is 9.53 Å². The molecule has 1 aliphatic rings. The van der Waals surface area contributed by atoms with Gasteiger partial charge in [0.15, 0.2) is 0 Å². The molecule has 0 aliphatic carbocycles. The SMILES string of the molecule is CCCC1(CCC)C(=O)OC[C@H]1NC(C)C. The molecule has 94 valence electrons. The minimum absolute atomic E-state index is 0.00866. The van der Waals surface area contributed by atoms with Gasteiger partial charge < -0.3 is 10.1 Å². The summed E-state index contributed by atoms with van der Waals surface area (Å²) in [4.78, 5) is 12.0. The number of hydrogen-bond acceptors (Lipinski definition) is 3. The number of carbonyl (C=O) groups is 1. The molecule has 0 unspecified atom stereocenters. The Morgan fingerprint density at radius 3 is 2.38 bits per heavy atom. The van der Waals surface area contributed by atoms with Crippen LogP contribution in [0.25, 0.3) is 0 Å². The lowest BCUT2D eigenvalue weighted by Gasteiger charge is -2.32. The second kappa shape index (κ2) is 5.67. The first-order valence-electron chi connectivity index (χ1n) is 6.50. The molecule has 0 aromatic heterocycles. The molecule has 1 heterocycles. The van der Waals surface area contributed by atoms with Crippen molar-refractivity contribution in [3.8, 4) is 0 Å². The number of cyclic esters (lactones) is 1. The minimum atomic E-state index is -0.270. The van der Waals surface area contributed by atoms with Gasteiger partial charge in [-0.2, -0.15) is 0 Å².